The van der Waals surface area contributed by atoms with Crippen molar-refractivity contribution in [1.82, 2.24) is 9.55 Å². The fourth-order valence-electron chi connectivity index (χ4n) is 2.11. The summed E-state index contributed by atoms with van der Waals surface area (Å²) < 4.78 is 1.63. The minimum Gasteiger partial charge on any atom is -0.280 e. The summed E-state index contributed by atoms with van der Waals surface area (Å²) in [7, 11) is 0. The molecule has 0 atom stereocenters. The number of rotatable bonds is 3. The molecule has 3 aromatic rings. The van der Waals surface area contributed by atoms with Gasteiger partial charge in [0.2, 0.25) is 0 Å². The SMILES string of the molecule is C=CCn1c(=Nc2ccc(C)cc2)sc2ncccc2c1=O. The van der Waals surface area contributed by atoms with Crippen LogP contribution < -0.4 is 10.4 Å². The Morgan fingerprint density at radius 3 is 2.82 bits per heavy atom. The monoisotopic (exact) mass is 309 g/mol. The number of fused-ring (bicyclic) bond motifs is 1. The minimum atomic E-state index is -0.0902. The van der Waals surface area contributed by atoms with E-state index in [1.54, 1.807) is 29.0 Å². The normalized spacial score (nSPS) is 11.8. The van der Waals surface area contributed by atoms with Crippen LogP contribution in [-0.4, -0.2) is 9.55 Å². The van der Waals surface area contributed by atoms with Crippen molar-refractivity contribution in [3.05, 3.63) is 76.0 Å². The summed E-state index contributed by atoms with van der Waals surface area (Å²) in [5, 5.41) is 0.609. The van der Waals surface area contributed by atoms with E-state index in [4.69, 9.17) is 0 Å². The lowest BCUT2D eigenvalue weighted by Gasteiger charge is -2.05. The van der Waals surface area contributed by atoms with E-state index in [1.807, 2.05) is 31.2 Å². The van der Waals surface area contributed by atoms with Crippen LogP contribution >= 0.6 is 11.3 Å². The van der Waals surface area contributed by atoms with Crippen molar-refractivity contribution < 1.29 is 0 Å². The maximum Gasteiger partial charge on any atom is 0.263 e. The Labute approximate surface area is 131 Å². The smallest absolute Gasteiger partial charge is 0.263 e. The van der Waals surface area contributed by atoms with Crippen LogP contribution in [-0.2, 0) is 6.54 Å². The third-order valence-corrected chi connectivity index (χ3v) is 4.25. The van der Waals surface area contributed by atoms with Gasteiger partial charge in [-0.05, 0) is 31.2 Å². The Morgan fingerprint density at radius 2 is 2.09 bits per heavy atom. The second-order valence-corrected chi connectivity index (χ2v) is 5.85. The zero-order valence-corrected chi connectivity index (χ0v) is 13.0. The molecule has 0 amide bonds. The zero-order valence-electron chi connectivity index (χ0n) is 12.2. The molecule has 4 nitrogen and oxygen atoms in total. The molecule has 0 saturated carbocycles. The molecule has 0 saturated heterocycles. The van der Waals surface area contributed by atoms with Crippen LogP contribution in [0.3, 0.4) is 0 Å². The summed E-state index contributed by atoms with van der Waals surface area (Å²) in [6, 6.07) is 11.4. The second-order valence-electron chi connectivity index (χ2n) is 4.89. The maximum absolute atomic E-state index is 12.6. The summed E-state index contributed by atoms with van der Waals surface area (Å²) in [6.45, 7) is 6.17. The third-order valence-electron chi connectivity index (χ3n) is 3.24. The number of benzene rings is 1. The highest BCUT2D eigenvalue weighted by Gasteiger charge is 2.06. The van der Waals surface area contributed by atoms with Crippen molar-refractivity contribution in [2.24, 2.45) is 4.99 Å². The van der Waals surface area contributed by atoms with Crippen LogP contribution in [0.15, 0.2) is 65.0 Å². The minimum absolute atomic E-state index is 0.0902. The van der Waals surface area contributed by atoms with Gasteiger partial charge < -0.3 is 0 Å². The van der Waals surface area contributed by atoms with Gasteiger partial charge in [-0.3, -0.25) is 9.36 Å². The first-order chi connectivity index (χ1) is 10.7. The molecule has 0 fully saturated rings. The number of allylic oxidation sites excluding steroid dienone is 1. The number of nitrogens with zero attached hydrogens (tertiary/aromatic N) is 3. The molecule has 0 spiro atoms. The molecule has 0 aliphatic heterocycles. The summed E-state index contributed by atoms with van der Waals surface area (Å²) in [4.78, 5) is 22.8. The predicted molar refractivity (Wildman–Crippen MR) is 90.5 cm³/mol. The first-order valence-electron chi connectivity index (χ1n) is 6.90. The molecule has 22 heavy (non-hydrogen) atoms. The van der Waals surface area contributed by atoms with Gasteiger partial charge >= 0.3 is 0 Å². The van der Waals surface area contributed by atoms with E-state index in [-0.39, 0.29) is 5.56 Å². The molecule has 0 aliphatic rings. The molecule has 0 unspecified atom stereocenters. The van der Waals surface area contributed by atoms with Gasteiger partial charge in [0.1, 0.15) is 4.83 Å². The lowest BCUT2D eigenvalue weighted by atomic mass is 10.2. The Bertz CT molecular complexity index is 952. The van der Waals surface area contributed by atoms with E-state index in [2.05, 4.69) is 16.6 Å². The molecule has 0 radical (unpaired) electrons. The van der Waals surface area contributed by atoms with Crippen LogP contribution in [0, 0.1) is 6.92 Å². The second kappa shape index (κ2) is 6.07. The largest absolute Gasteiger partial charge is 0.280 e. The average Bonchev–Trinajstić information content (AvgIpc) is 2.53. The summed E-state index contributed by atoms with van der Waals surface area (Å²) >= 11 is 1.40. The summed E-state index contributed by atoms with van der Waals surface area (Å²) in [5.41, 5.74) is 1.90. The van der Waals surface area contributed by atoms with Crippen molar-refractivity contribution >= 4 is 27.2 Å². The van der Waals surface area contributed by atoms with Crippen LogP contribution in [0.1, 0.15) is 5.56 Å². The van der Waals surface area contributed by atoms with E-state index in [1.165, 1.54) is 16.9 Å². The van der Waals surface area contributed by atoms with E-state index < -0.39 is 0 Å². The van der Waals surface area contributed by atoms with E-state index in [0.717, 1.165) is 5.69 Å². The molecule has 0 aliphatic carbocycles. The van der Waals surface area contributed by atoms with Crippen molar-refractivity contribution in [1.29, 1.82) is 0 Å². The highest BCUT2D eigenvalue weighted by atomic mass is 32.1. The molecule has 0 bridgehead atoms. The zero-order chi connectivity index (χ0) is 15.5. The first kappa shape index (κ1) is 14.4. The van der Waals surface area contributed by atoms with Crippen molar-refractivity contribution in [3.8, 4) is 0 Å². The number of pyridine rings is 1. The lowest BCUT2D eigenvalue weighted by Crippen LogP contribution is -2.31. The highest BCUT2D eigenvalue weighted by Crippen LogP contribution is 2.13. The van der Waals surface area contributed by atoms with Crippen LogP contribution in [0.5, 0.6) is 0 Å². The number of aryl methyl sites for hydroxylation is 1. The van der Waals surface area contributed by atoms with Crippen molar-refractivity contribution in [2.45, 2.75) is 13.5 Å². The molecule has 2 heterocycles. The quantitative estimate of drug-likeness (QED) is 0.698. The van der Waals surface area contributed by atoms with Crippen LogP contribution in [0.4, 0.5) is 5.69 Å². The molecule has 110 valence electrons. The van der Waals surface area contributed by atoms with Gasteiger partial charge in [-0.2, -0.15) is 0 Å². The molecular weight excluding hydrogens is 294 g/mol. The lowest BCUT2D eigenvalue weighted by molar-refractivity contribution is 0.758. The number of aromatic nitrogens is 2. The van der Waals surface area contributed by atoms with E-state index in [0.29, 0.717) is 21.6 Å². The fourth-order valence-corrected chi connectivity index (χ4v) is 3.08. The van der Waals surface area contributed by atoms with Crippen molar-refractivity contribution in [3.63, 3.8) is 0 Å². The summed E-state index contributed by atoms with van der Waals surface area (Å²) in [5.74, 6) is 0. The molecule has 5 heteroatoms. The number of hydrogen-bond donors (Lipinski definition) is 0. The van der Waals surface area contributed by atoms with Gasteiger partial charge in [0.25, 0.3) is 5.56 Å². The molecule has 3 rings (SSSR count). The fraction of sp³-hybridized carbons (Fsp3) is 0.118. The Kier molecular flexibility index (Phi) is 3.98. The molecule has 0 N–H and O–H groups in total. The van der Waals surface area contributed by atoms with Gasteiger partial charge in [0, 0.05) is 12.7 Å². The van der Waals surface area contributed by atoms with E-state index >= 15 is 0 Å². The topological polar surface area (TPSA) is 47.2 Å². The third kappa shape index (κ3) is 2.76. The molecule has 2 aromatic heterocycles. The van der Waals surface area contributed by atoms with Gasteiger partial charge in [-0.1, -0.05) is 35.1 Å². The Hall–Kier alpha value is -2.53. The summed E-state index contributed by atoms with van der Waals surface area (Å²) in [6.07, 6.45) is 3.39. The van der Waals surface area contributed by atoms with Crippen molar-refractivity contribution in [2.75, 3.05) is 0 Å². The van der Waals surface area contributed by atoms with Gasteiger partial charge in [-0.15, -0.1) is 6.58 Å². The Morgan fingerprint density at radius 1 is 1.32 bits per heavy atom. The van der Waals surface area contributed by atoms with Gasteiger partial charge in [0.15, 0.2) is 4.80 Å². The average molecular weight is 309 g/mol. The molecular formula is C17H15N3OS. The number of hydrogen-bond acceptors (Lipinski definition) is 4. The maximum atomic E-state index is 12.6. The predicted octanol–water partition coefficient (Wildman–Crippen LogP) is 3.18. The van der Waals surface area contributed by atoms with Gasteiger partial charge in [0.05, 0.1) is 11.1 Å². The first-order valence-corrected chi connectivity index (χ1v) is 7.71. The van der Waals surface area contributed by atoms with Crippen LogP contribution in [0.2, 0.25) is 0 Å². The van der Waals surface area contributed by atoms with E-state index in [9.17, 15) is 4.79 Å². The standard InChI is InChI=1S/C17H15N3OS/c1-3-11-20-16(21)14-5-4-10-18-15(14)22-17(20)19-13-8-6-12(2)7-9-13/h3-10H,1,11H2,2H3. The Balaban J connectivity index is 2.31. The molecule has 1 aromatic carbocycles. The highest BCUT2D eigenvalue weighted by molar-refractivity contribution is 7.15. The van der Waals surface area contributed by atoms with Crippen LogP contribution in [0.25, 0.3) is 10.2 Å². The van der Waals surface area contributed by atoms with Gasteiger partial charge in [-0.25, -0.2) is 9.98 Å².